The monoisotopic (exact) mass is 443 g/mol. The Kier molecular flexibility index (Phi) is 6.48. The summed E-state index contributed by atoms with van der Waals surface area (Å²) in [6.07, 6.45) is 1.65. The first-order valence-corrected chi connectivity index (χ1v) is 11.0. The van der Waals surface area contributed by atoms with Crippen LogP contribution in [0.5, 0.6) is 11.5 Å². The molecule has 3 aromatic rings. The second-order valence-corrected chi connectivity index (χ2v) is 8.89. The van der Waals surface area contributed by atoms with Gasteiger partial charge in [0, 0.05) is 6.21 Å². The molecule has 0 aliphatic carbocycles. The molecule has 30 heavy (non-hydrogen) atoms. The van der Waals surface area contributed by atoms with Gasteiger partial charge in [-0.1, -0.05) is 41.4 Å². The topological polar surface area (TPSA) is 65.0 Å². The highest BCUT2D eigenvalue weighted by atomic mass is 35.5. The van der Waals surface area contributed by atoms with Crippen LogP contribution in [0.1, 0.15) is 22.3 Å². The zero-order valence-electron chi connectivity index (χ0n) is 17.1. The van der Waals surface area contributed by atoms with Crippen LogP contribution >= 0.6 is 11.6 Å². The van der Waals surface area contributed by atoms with Crippen LogP contribution < -0.4 is 8.92 Å². The lowest BCUT2D eigenvalue weighted by molar-refractivity contribution is 0.390. The molecular weight excluding hydrogens is 422 g/mol. The Morgan fingerprint density at radius 3 is 2.27 bits per heavy atom. The quantitative estimate of drug-likeness (QED) is 0.357. The molecule has 0 heterocycles. The van der Waals surface area contributed by atoms with E-state index >= 15 is 0 Å². The van der Waals surface area contributed by atoms with Gasteiger partial charge in [-0.05, 0) is 67.8 Å². The van der Waals surface area contributed by atoms with Gasteiger partial charge < -0.3 is 8.92 Å². The molecule has 0 N–H and O–H groups in total. The molecule has 0 bridgehead atoms. The lowest BCUT2D eigenvalue weighted by Gasteiger charge is -2.13. The first kappa shape index (κ1) is 21.9. The minimum absolute atomic E-state index is 0.0341. The van der Waals surface area contributed by atoms with Gasteiger partial charge in [0.15, 0.2) is 5.75 Å². The molecule has 156 valence electrons. The van der Waals surface area contributed by atoms with Gasteiger partial charge in [0.05, 0.1) is 17.8 Å². The second kappa shape index (κ2) is 8.90. The summed E-state index contributed by atoms with van der Waals surface area (Å²) in [7, 11) is -2.64. The number of benzene rings is 3. The number of rotatable bonds is 6. The van der Waals surface area contributed by atoms with Crippen LogP contribution in [-0.4, -0.2) is 21.7 Å². The van der Waals surface area contributed by atoms with E-state index in [1.807, 2.05) is 39.0 Å². The first-order valence-electron chi connectivity index (χ1n) is 9.19. The predicted molar refractivity (Wildman–Crippen MR) is 120 cm³/mol. The zero-order valence-corrected chi connectivity index (χ0v) is 18.7. The van der Waals surface area contributed by atoms with Gasteiger partial charge in [-0.25, -0.2) is 0 Å². The molecule has 3 aromatic carbocycles. The molecule has 0 aliphatic rings. The SMILES string of the molecule is COc1cc(C=Nc2cc(C)ccc2C)cc(Cl)c1OS(=O)(=O)c1ccc(C)cc1. The summed E-state index contributed by atoms with van der Waals surface area (Å²) >= 11 is 6.34. The summed E-state index contributed by atoms with van der Waals surface area (Å²) in [5.41, 5.74) is 4.58. The first-order chi connectivity index (χ1) is 14.2. The minimum atomic E-state index is -4.06. The lowest BCUT2D eigenvalue weighted by atomic mass is 10.1. The van der Waals surface area contributed by atoms with E-state index in [1.165, 1.54) is 19.2 Å². The number of aliphatic imine (C=N–C) groups is 1. The predicted octanol–water partition coefficient (Wildman–Crippen LogP) is 5.79. The lowest BCUT2D eigenvalue weighted by Crippen LogP contribution is -2.11. The van der Waals surface area contributed by atoms with E-state index in [-0.39, 0.29) is 21.4 Å². The van der Waals surface area contributed by atoms with E-state index in [0.29, 0.717) is 5.56 Å². The summed E-state index contributed by atoms with van der Waals surface area (Å²) in [5.74, 6) is 0.129. The van der Waals surface area contributed by atoms with Crippen LogP contribution in [0.25, 0.3) is 0 Å². The highest BCUT2D eigenvalue weighted by Gasteiger charge is 2.22. The summed E-state index contributed by atoms with van der Waals surface area (Å²) in [6.45, 7) is 5.85. The van der Waals surface area contributed by atoms with Gasteiger partial charge >= 0.3 is 10.1 Å². The van der Waals surface area contributed by atoms with Gasteiger partial charge in [-0.2, -0.15) is 8.42 Å². The third kappa shape index (κ3) is 5.01. The van der Waals surface area contributed by atoms with Crippen molar-refractivity contribution in [1.29, 1.82) is 0 Å². The van der Waals surface area contributed by atoms with Crippen molar-refractivity contribution in [3.8, 4) is 11.5 Å². The normalized spacial score (nSPS) is 11.6. The molecule has 0 amide bonds. The van der Waals surface area contributed by atoms with Gasteiger partial charge in [0.2, 0.25) is 5.75 Å². The van der Waals surface area contributed by atoms with E-state index in [0.717, 1.165) is 22.4 Å². The van der Waals surface area contributed by atoms with Crippen molar-refractivity contribution in [2.45, 2.75) is 25.7 Å². The molecule has 3 rings (SSSR count). The smallest absolute Gasteiger partial charge is 0.339 e. The van der Waals surface area contributed by atoms with Crippen LogP contribution in [0, 0.1) is 20.8 Å². The molecule has 5 nitrogen and oxygen atoms in total. The van der Waals surface area contributed by atoms with Crippen LogP contribution in [0.15, 0.2) is 64.5 Å². The van der Waals surface area contributed by atoms with Gasteiger partial charge in [-0.15, -0.1) is 0 Å². The average molecular weight is 444 g/mol. The fourth-order valence-corrected chi connectivity index (χ4v) is 4.02. The molecule has 0 aliphatic heterocycles. The molecule has 0 atom stereocenters. The Labute approximate surface area is 182 Å². The van der Waals surface area contributed by atoms with Crippen molar-refractivity contribution in [1.82, 2.24) is 0 Å². The number of ether oxygens (including phenoxy) is 1. The zero-order chi connectivity index (χ0) is 21.9. The second-order valence-electron chi connectivity index (χ2n) is 6.93. The molecule has 0 saturated heterocycles. The summed E-state index contributed by atoms with van der Waals surface area (Å²) < 4.78 is 35.9. The van der Waals surface area contributed by atoms with E-state index in [9.17, 15) is 8.42 Å². The standard InChI is InChI=1S/C23H22ClNO4S/c1-15-6-9-19(10-7-15)30(26,27)29-23-20(24)12-18(13-22(23)28-4)14-25-21-11-16(2)5-8-17(21)3/h5-14H,1-4H3. The van der Waals surface area contributed by atoms with Crippen molar-refractivity contribution in [2.75, 3.05) is 7.11 Å². The van der Waals surface area contributed by atoms with E-state index in [1.54, 1.807) is 30.5 Å². The summed E-state index contributed by atoms with van der Waals surface area (Å²) in [5, 5.41) is 0.104. The molecule has 0 fully saturated rings. The Morgan fingerprint density at radius 1 is 0.933 bits per heavy atom. The maximum Gasteiger partial charge on any atom is 0.339 e. The molecule has 0 saturated carbocycles. The van der Waals surface area contributed by atoms with Crippen molar-refractivity contribution >= 4 is 33.6 Å². The number of methoxy groups -OCH3 is 1. The fraction of sp³-hybridized carbons (Fsp3) is 0.174. The number of halogens is 1. The summed E-state index contributed by atoms with van der Waals surface area (Å²) in [4.78, 5) is 4.55. The Hall–Kier alpha value is -2.83. The van der Waals surface area contributed by atoms with Crippen molar-refractivity contribution in [3.05, 3.63) is 81.9 Å². The number of hydrogen-bond donors (Lipinski definition) is 0. The van der Waals surface area contributed by atoms with Crippen LogP contribution in [0.4, 0.5) is 5.69 Å². The van der Waals surface area contributed by atoms with Crippen LogP contribution in [-0.2, 0) is 10.1 Å². The third-order valence-electron chi connectivity index (χ3n) is 4.47. The third-order valence-corrected chi connectivity index (χ3v) is 5.99. The minimum Gasteiger partial charge on any atom is -0.493 e. The Bertz CT molecular complexity index is 1200. The van der Waals surface area contributed by atoms with Gasteiger partial charge in [0.1, 0.15) is 4.90 Å². The van der Waals surface area contributed by atoms with Gasteiger partial charge in [0.25, 0.3) is 0 Å². The van der Waals surface area contributed by atoms with E-state index < -0.39 is 10.1 Å². The molecule has 0 spiro atoms. The highest BCUT2D eigenvalue weighted by molar-refractivity contribution is 7.87. The van der Waals surface area contributed by atoms with Crippen molar-refractivity contribution in [3.63, 3.8) is 0 Å². The van der Waals surface area contributed by atoms with Crippen molar-refractivity contribution < 1.29 is 17.3 Å². The van der Waals surface area contributed by atoms with E-state index in [4.69, 9.17) is 20.5 Å². The van der Waals surface area contributed by atoms with Gasteiger partial charge in [-0.3, -0.25) is 4.99 Å². The molecule has 0 aromatic heterocycles. The van der Waals surface area contributed by atoms with Crippen molar-refractivity contribution in [2.24, 2.45) is 4.99 Å². The number of nitrogens with zero attached hydrogens (tertiary/aromatic N) is 1. The Morgan fingerprint density at radius 2 is 1.60 bits per heavy atom. The molecule has 0 unspecified atom stereocenters. The maximum atomic E-state index is 12.6. The van der Waals surface area contributed by atoms with Crippen LogP contribution in [0.3, 0.4) is 0 Å². The van der Waals surface area contributed by atoms with Crippen LogP contribution in [0.2, 0.25) is 5.02 Å². The fourth-order valence-electron chi connectivity index (χ4n) is 2.76. The maximum absolute atomic E-state index is 12.6. The summed E-state index contributed by atoms with van der Waals surface area (Å²) in [6, 6.07) is 15.6. The van der Waals surface area contributed by atoms with E-state index in [2.05, 4.69) is 4.99 Å². The highest BCUT2D eigenvalue weighted by Crippen LogP contribution is 2.38. The molecule has 7 heteroatoms. The Balaban J connectivity index is 1.93. The number of hydrogen-bond acceptors (Lipinski definition) is 5. The average Bonchev–Trinajstić information content (AvgIpc) is 2.70. The number of aryl methyl sites for hydroxylation is 3. The largest absolute Gasteiger partial charge is 0.493 e. The molecular formula is C23H22ClNO4S. The molecule has 0 radical (unpaired) electrons.